The Hall–Kier alpha value is -4.94. The van der Waals surface area contributed by atoms with Crippen LogP contribution in [-0.4, -0.2) is 70.9 Å². The molecule has 0 spiro atoms. The fraction of sp³-hybridized carbons (Fsp3) is 0.308. The normalized spacial score (nSPS) is 18.2. The van der Waals surface area contributed by atoms with Crippen LogP contribution in [0, 0.1) is 11.6 Å². The summed E-state index contributed by atoms with van der Waals surface area (Å²) in [5.41, 5.74) is 4.06. The molecular formula is C52H56BBrF2O10S2. The van der Waals surface area contributed by atoms with Gasteiger partial charge in [0.05, 0.1) is 47.4 Å². The van der Waals surface area contributed by atoms with E-state index in [-0.39, 0.29) is 51.2 Å². The molecule has 2 aliphatic rings. The Kier molecular flexibility index (Phi) is 19.3. The van der Waals surface area contributed by atoms with Crippen molar-refractivity contribution in [3.63, 3.8) is 0 Å². The summed E-state index contributed by atoms with van der Waals surface area (Å²) in [6.07, 6.45) is 9.92. The van der Waals surface area contributed by atoms with Gasteiger partial charge < -0.3 is 29.0 Å². The van der Waals surface area contributed by atoms with Gasteiger partial charge in [0.25, 0.3) is 0 Å². The SMILES string of the molecule is CS(=O)(=O)c1ccc(-c2ccc(OC3CCC(OCc4ccccc4)CC3)c(F)c2)cc1.CS(=O)(=O)c1ccc(B(O)O)cc1.Fc1cc(Br)ccc1OC1CCC(OCc2ccccc2)CC1. The fourth-order valence-corrected chi connectivity index (χ4v) is 9.29. The van der Waals surface area contributed by atoms with Crippen molar-refractivity contribution in [2.75, 3.05) is 12.5 Å². The van der Waals surface area contributed by atoms with Crippen molar-refractivity contribution in [3.8, 4) is 22.6 Å². The fourth-order valence-electron chi connectivity index (χ4n) is 7.70. The molecule has 2 N–H and O–H groups in total. The first-order valence-corrected chi connectivity index (χ1v) is 26.9. The number of ether oxygens (including phenoxy) is 4. The maximum atomic E-state index is 14.7. The number of sulfone groups is 2. The maximum absolute atomic E-state index is 14.7. The number of rotatable bonds is 14. The van der Waals surface area contributed by atoms with E-state index in [0.717, 1.165) is 73.9 Å². The summed E-state index contributed by atoms with van der Waals surface area (Å²) in [7, 11) is -8.03. The quantitative estimate of drug-likeness (QED) is 0.101. The van der Waals surface area contributed by atoms with E-state index >= 15 is 0 Å². The molecule has 0 aromatic heterocycles. The number of hydrogen-bond acceptors (Lipinski definition) is 10. The van der Waals surface area contributed by atoms with Gasteiger partial charge in [-0.15, -0.1) is 0 Å². The molecule has 2 fully saturated rings. The molecule has 0 radical (unpaired) electrons. The molecule has 2 aliphatic carbocycles. The summed E-state index contributed by atoms with van der Waals surface area (Å²) < 4.78 is 98.2. The van der Waals surface area contributed by atoms with Crippen molar-refractivity contribution in [3.05, 3.63) is 173 Å². The predicted molar refractivity (Wildman–Crippen MR) is 264 cm³/mol. The lowest BCUT2D eigenvalue weighted by atomic mass is 9.81. The lowest BCUT2D eigenvalue weighted by Gasteiger charge is -2.29. The highest BCUT2D eigenvalue weighted by Crippen LogP contribution is 2.32. The Morgan fingerprint density at radius 1 is 0.515 bits per heavy atom. The van der Waals surface area contributed by atoms with Crippen molar-refractivity contribution >= 4 is 48.2 Å². The lowest BCUT2D eigenvalue weighted by molar-refractivity contribution is -0.00719. The van der Waals surface area contributed by atoms with Crippen LogP contribution in [0.25, 0.3) is 11.1 Å². The van der Waals surface area contributed by atoms with Gasteiger partial charge in [0.15, 0.2) is 42.8 Å². The van der Waals surface area contributed by atoms with E-state index in [0.29, 0.717) is 24.5 Å². The largest absolute Gasteiger partial charge is 0.488 e. The minimum absolute atomic E-state index is 0.0269. The number of halogens is 3. The van der Waals surface area contributed by atoms with Gasteiger partial charge >= 0.3 is 7.12 Å². The second kappa shape index (κ2) is 25.1. The molecule has 360 valence electrons. The van der Waals surface area contributed by atoms with Crippen LogP contribution in [0.1, 0.15) is 62.5 Å². The average Bonchev–Trinajstić information content (AvgIpc) is 3.33. The Morgan fingerprint density at radius 3 is 1.29 bits per heavy atom. The van der Waals surface area contributed by atoms with Gasteiger partial charge in [0, 0.05) is 17.0 Å². The van der Waals surface area contributed by atoms with Gasteiger partial charge in [0.1, 0.15) is 0 Å². The summed E-state index contributed by atoms with van der Waals surface area (Å²) in [6, 6.07) is 41.9. The third-order valence-corrected chi connectivity index (χ3v) is 14.3. The summed E-state index contributed by atoms with van der Waals surface area (Å²) in [5, 5.41) is 17.4. The number of hydrogen-bond donors (Lipinski definition) is 2. The van der Waals surface area contributed by atoms with Gasteiger partial charge in [-0.25, -0.2) is 25.6 Å². The molecule has 0 unspecified atom stereocenters. The van der Waals surface area contributed by atoms with E-state index in [1.807, 2.05) is 36.4 Å². The van der Waals surface area contributed by atoms with Gasteiger partial charge in [-0.05, 0) is 134 Å². The van der Waals surface area contributed by atoms with Crippen LogP contribution in [0.4, 0.5) is 8.78 Å². The van der Waals surface area contributed by atoms with Crippen LogP contribution >= 0.6 is 15.9 Å². The van der Waals surface area contributed by atoms with E-state index in [9.17, 15) is 25.6 Å². The van der Waals surface area contributed by atoms with Crippen LogP contribution in [0.2, 0.25) is 0 Å². The Balaban J connectivity index is 0.000000184. The molecule has 6 aromatic rings. The second-order valence-electron chi connectivity index (χ2n) is 16.9. The highest BCUT2D eigenvalue weighted by Gasteiger charge is 2.25. The third-order valence-electron chi connectivity index (χ3n) is 11.5. The topological polar surface area (TPSA) is 146 Å². The molecule has 0 amide bonds. The van der Waals surface area contributed by atoms with Crippen LogP contribution < -0.4 is 14.9 Å². The van der Waals surface area contributed by atoms with Crippen molar-refractivity contribution < 1.29 is 54.6 Å². The van der Waals surface area contributed by atoms with Gasteiger partial charge in [-0.1, -0.05) is 107 Å². The Morgan fingerprint density at radius 2 is 0.897 bits per heavy atom. The zero-order valence-electron chi connectivity index (χ0n) is 37.9. The van der Waals surface area contributed by atoms with Crippen molar-refractivity contribution in [2.45, 2.75) is 98.8 Å². The Labute approximate surface area is 407 Å². The molecule has 6 aromatic carbocycles. The average molecular weight is 1030 g/mol. The van der Waals surface area contributed by atoms with Crippen LogP contribution in [0.3, 0.4) is 0 Å². The monoisotopic (exact) mass is 1030 g/mol. The smallest absolute Gasteiger partial charge is 0.487 e. The third kappa shape index (κ3) is 16.6. The molecule has 8 rings (SSSR count). The first-order valence-electron chi connectivity index (χ1n) is 22.4. The van der Waals surface area contributed by atoms with Crippen LogP contribution in [0.5, 0.6) is 11.5 Å². The molecule has 0 aliphatic heterocycles. The van der Waals surface area contributed by atoms with E-state index in [1.54, 1.807) is 36.4 Å². The van der Waals surface area contributed by atoms with Gasteiger partial charge in [-0.2, -0.15) is 0 Å². The predicted octanol–water partition coefficient (Wildman–Crippen LogP) is 10.1. The van der Waals surface area contributed by atoms with Crippen LogP contribution in [-0.2, 0) is 42.4 Å². The first-order chi connectivity index (χ1) is 32.5. The summed E-state index contributed by atoms with van der Waals surface area (Å²) in [5.74, 6) is -0.156. The van der Waals surface area contributed by atoms with Gasteiger partial charge in [-0.3, -0.25) is 0 Å². The molecule has 0 bridgehead atoms. The second-order valence-corrected chi connectivity index (χ2v) is 21.8. The highest BCUT2D eigenvalue weighted by atomic mass is 79.9. The zero-order valence-corrected chi connectivity index (χ0v) is 41.1. The molecule has 16 heteroatoms. The van der Waals surface area contributed by atoms with E-state index in [2.05, 4.69) is 40.2 Å². The molecule has 0 saturated heterocycles. The van der Waals surface area contributed by atoms with E-state index in [1.165, 1.54) is 59.7 Å². The van der Waals surface area contributed by atoms with Gasteiger partial charge in [0.2, 0.25) is 0 Å². The van der Waals surface area contributed by atoms with Crippen molar-refractivity contribution in [2.24, 2.45) is 0 Å². The lowest BCUT2D eigenvalue weighted by Crippen LogP contribution is -2.29. The number of benzene rings is 6. The zero-order chi connectivity index (χ0) is 48.7. The summed E-state index contributed by atoms with van der Waals surface area (Å²) in [6.45, 7) is 1.26. The Bertz CT molecular complexity index is 2720. The molecule has 0 atom stereocenters. The standard InChI is InChI=1S/C26H27FO4S.C19H20BrFO2.C7H9BO4S/c1-32(28,29)24-14-7-20(8-15-24)21-9-16-26(25(27)17-21)31-23-12-10-22(11-13-23)30-18-19-5-3-2-4-6-19;20-15-6-11-19(18(21)12-15)23-17-9-7-16(8-10-17)22-13-14-4-2-1-3-5-14;1-13(11,12)7-4-2-6(3-5-7)8(9)10/h2-9,14-17,22-23H,10-13,18H2,1H3;1-6,11-12,16-17H,7-10,13H2;2-5,9-10H,1H3. The molecule has 0 heterocycles. The molecule has 68 heavy (non-hydrogen) atoms. The molecular weight excluding hydrogens is 977 g/mol. The molecule has 2 saturated carbocycles. The summed E-state index contributed by atoms with van der Waals surface area (Å²) in [4.78, 5) is 0.405. The summed E-state index contributed by atoms with van der Waals surface area (Å²) >= 11 is 3.25. The van der Waals surface area contributed by atoms with E-state index in [4.69, 9.17) is 29.0 Å². The molecule has 10 nitrogen and oxygen atoms in total. The highest BCUT2D eigenvalue weighted by molar-refractivity contribution is 9.10. The minimum atomic E-state index is -3.26. The van der Waals surface area contributed by atoms with Crippen LogP contribution in [0.15, 0.2) is 160 Å². The van der Waals surface area contributed by atoms with Crippen molar-refractivity contribution in [1.29, 1.82) is 0 Å². The maximum Gasteiger partial charge on any atom is 0.488 e. The van der Waals surface area contributed by atoms with Crippen molar-refractivity contribution in [1.82, 2.24) is 0 Å². The van der Waals surface area contributed by atoms with E-state index < -0.39 is 32.6 Å². The minimum Gasteiger partial charge on any atom is -0.487 e. The first kappa shape index (κ1) is 52.4.